The van der Waals surface area contributed by atoms with Crippen molar-refractivity contribution in [3.05, 3.63) is 42.0 Å². The average molecular weight is 368 g/mol. The number of aryl methyl sites for hydroxylation is 1. The average Bonchev–Trinajstić information content (AvgIpc) is 2.67. The van der Waals surface area contributed by atoms with Gasteiger partial charge in [-0.3, -0.25) is 9.78 Å². The Labute approximate surface area is 160 Å². The molecule has 6 nitrogen and oxygen atoms in total. The van der Waals surface area contributed by atoms with Gasteiger partial charge >= 0.3 is 0 Å². The van der Waals surface area contributed by atoms with Crippen LogP contribution < -0.4 is 0 Å². The Morgan fingerprint density at radius 1 is 1.30 bits per heavy atom. The molecule has 2 aromatic heterocycles. The number of amides is 1. The molecule has 27 heavy (non-hydrogen) atoms. The first-order chi connectivity index (χ1) is 13.0. The van der Waals surface area contributed by atoms with Gasteiger partial charge in [-0.15, -0.1) is 0 Å². The van der Waals surface area contributed by atoms with Crippen molar-refractivity contribution in [1.29, 1.82) is 0 Å². The summed E-state index contributed by atoms with van der Waals surface area (Å²) in [5, 5.41) is 10.3. The number of hydrogen-bond donors (Lipinski definition) is 1. The molecule has 0 bridgehead atoms. The normalized spacial score (nSPS) is 16.6. The van der Waals surface area contributed by atoms with E-state index in [1.54, 1.807) is 18.6 Å². The third-order valence-electron chi connectivity index (χ3n) is 5.21. The lowest BCUT2D eigenvalue weighted by atomic mass is 9.87. The smallest absolute Gasteiger partial charge is 0.257 e. The minimum Gasteiger partial charge on any atom is -0.393 e. The molecule has 144 valence electrons. The molecule has 1 atom stereocenters. The van der Waals surface area contributed by atoms with Crippen LogP contribution in [0, 0.1) is 18.8 Å². The summed E-state index contributed by atoms with van der Waals surface area (Å²) in [7, 11) is 0. The number of carbonyl (C=O) groups excluding carboxylic acids is 1. The van der Waals surface area contributed by atoms with Crippen LogP contribution >= 0.6 is 0 Å². The molecule has 1 amide bonds. The van der Waals surface area contributed by atoms with Crippen molar-refractivity contribution in [2.75, 3.05) is 13.1 Å². The standard InChI is InChI=1S/C21H28N4O2/c1-14(2)11-19(26)16-6-9-25(10-7-16)21(27)18-13-23-20(24-15(18)3)17-5-4-8-22-12-17/h4-5,8,12-14,16,19,26H,6-7,9-11H2,1-3H3/t19-/m0/s1. The summed E-state index contributed by atoms with van der Waals surface area (Å²) in [5.41, 5.74) is 2.05. The van der Waals surface area contributed by atoms with Gasteiger partial charge in [0, 0.05) is 37.2 Å². The van der Waals surface area contributed by atoms with Gasteiger partial charge in [0.05, 0.1) is 17.4 Å². The van der Waals surface area contributed by atoms with Gasteiger partial charge in [-0.25, -0.2) is 9.97 Å². The van der Waals surface area contributed by atoms with Gasteiger partial charge in [-0.1, -0.05) is 13.8 Å². The lowest BCUT2D eigenvalue weighted by molar-refractivity contribution is 0.0384. The van der Waals surface area contributed by atoms with Crippen LogP contribution in [0.1, 0.15) is 49.2 Å². The van der Waals surface area contributed by atoms with E-state index in [0.29, 0.717) is 36.1 Å². The number of piperidine rings is 1. The molecule has 1 N–H and O–H groups in total. The highest BCUT2D eigenvalue weighted by atomic mass is 16.3. The largest absolute Gasteiger partial charge is 0.393 e. The summed E-state index contributed by atoms with van der Waals surface area (Å²) >= 11 is 0. The fourth-order valence-corrected chi connectivity index (χ4v) is 3.64. The lowest BCUT2D eigenvalue weighted by Crippen LogP contribution is -2.41. The number of rotatable bonds is 5. The highest BCUT2D eigenvalue weighted by Crippen LogP contribution is 2.26. The number of likely N-dealkylation sites (tertiary alicyclic amines) is 1. The zero-order chi connectivity index (χ0) is 19.4. The summed E-state index contributed by atoms with van der Waals surface area (Å²) in [6.07, 6.45) is 7.26. The van der Waals surface area contributed by atoms with Crippen LogP contribution in [-0.4, -0.2) is 50.1 Å². The third kappa shape index (κ3) is 4.69. The molecule has 1 fully saturated rings. The summed E-state index contributed by atoms with van der Waals surface area (Å²) in [5.74, 6) is 1.31. The first-order valence-electron chi connectivity index (χ1n) is 9.67. The molecule has 0 radical (unpaired) electrons. The maximum atomic E-state index is 12.9. The summed E-state index contributed by atoms with van der Waals surface area (Å²) < 4.78 is 0. The molecule has 0 aromatic carbocycles. The fraction of sp³-hybridized carbons (Fsp3) is 0.524. The van der Waals surface area contributed by atoms with E-state index in [1.807, 2.05) is 24.0 Å². The van der Waals surface area contributed by atoms with E-state index in [2.05, 4.69) is 28.8 Å². The summed E-state index contributed by atoms with van der Waals surface area (Å²) in [6.45, 7) is 7.43. The Balaban J connectivity index is 1.65. The Bertz CT molecular complexity index is 771. The van der Waals surface area contributed by atoms with Crippen LogP contribution in [0.4, 0.5) is 0 Å². The van der Waals surface area contributed by atoms with Gasteiger partial charge < -0.3 is 10.0 Å². The van der Waals surface area contributed by atoms with E-state index in [9.17, 15) is 9.90 Å². The number of carbonyl (C=O) groups is 1. The molecule has 0 unspecified atom stereocenters. The van der Waals surface area contributed by atoms with Crippen LogP contribution in [0.3, 0.4) is 0 Å². The monoisotopic (exact) mass is 368 g/mol. The molecule has 1 aliphatic rings. The molecule has 0 aliphatic carbocycles. The maximum absolute atomic E-state index is 12.9. The Morgan fingerprint density at radius 2 is 2.04 bits per heavy atom. The van der Waals surface area contributed by atoms with Gasteiger partial charge in [0.1, 0.15) is 0 Å². The summed E-state index contributed by atoms with van der Waals surface area (Å²) in [6, 6.07) is 3.74. The molecule has 6 heteroatoms. The van der Waals surface area contributed by atoms with Crippen molar-refractivity contribution in [3.63, 3.8) is 0 Å². The van der Waals surface area contributed by atoms with E-state index in [0.717, 1.165) is 24.8 Å². The van der Waals surface area contributed by atoms with Gasteiger partial charge in [-0.2, -0.15) is 0 Å². The topological polar surface area (TPSA) is 79.2 Å². The number of nitrogens with zero attached hydrogens (tertiary/aromatic N) is 4. The molecule has 3 heterocycles. The van der Waals surface area contributed by atoms with E-state index in [1.165, 1.54) is 0 Å². The van der Waals surface area contributed by atoms with Crippen molar-refractivity contribution in [1.82, 2.24) is 19.9 Å². The molecule has 0 spiro atoms. The molecular weight excluding hydrogens is 340 g/mol. The predicted octanol–water partition coefficient (Wildman–Crippen LogP) is 3.11. The maximum Gasteiger partial charge on any atom is 0.257 e. The highest BCUT2D eigenvalue weighted by Gasteiger charge is 2.29. The van der Waals surface area contributed by atoms with Crippen LogP contribution in [0.15, 0.2) is 30.7 Å². The molecule has 1 saturated heterocycles. The Morgan fingerprint density at radius 3 is 2.63 bits per heavy atom. The molecular formula is C21H28N4O2. The second-order valence-electron chi connectivity index (χ2n) is 7.76. The Hall–Kier alpha value is -2.34. The van der Waals surface area contributed by atoms with Crippen LogP contribution in [0.5, 0.6) is 0 Å². The number of aliphatic hydroxyl groups excluding tert-OH is 1. The number of aromatic nitrogens is 3. The minimum atomic E-state index is -0.272. The molecule has 0 saturated carbocycles. The summed E-state index contributed by atoms with van der Waals surface area (Å²) in [4.78, 5) is 27.7. The van der Waals surface area contributed by atoms with Crippen molar-refractivity contribution in [2.45, 2.75) is 46.1 Å². The quantitative estimate of drug-likeness (QED) is 0.877. The van der Waals surface area contributed by atoms with Gasteiger partial charge in [0.25, 0.3) is 5.91 Å². The third-order valence-corrected chi connectivity index (χ3v) is 5.21. The number of hydrogen-bond acceptors (Lipinski definition) is 5. The molecule has 3 rings (SSSR count). The van der Waals surface area contributed by atoms with Crippen LogP contribution in [-0.2, 0) is 0 Å². The first kappa shape index (κ1) is 19.4. The van der Waals surface area contributed by atoms with Gasteiger partial charge in [0.2, 0.25) is 0 Å². The second-order valence-corrected chi connectivity index (χ2v) is 7.76. The highest BCUT2D eigenvalue weighted by molar-refractivity contribution is 5.95. The van der Waals surface area contributed by atoms with E-state index >= 15 is 0 Å². The second kappa shape index (κ2) is 8.57. The number of pyridine rings is 1. The predicted molar refractivity (Wildman–Crippen MR) is 104 cm³/mol. The van der Waals surface area contributed by atoms with E-state index in [-0.39, 0.29) is 17.9 Å². The SMILES string of the molecule is Cc1nc(-c2cccnc2)ncc1C(=O)N1CCC([C@@H](O)CC(C)C)CC1. The van der Waals surface area contributed by atoms with Crippen molar-refractivity contribution in [2.24, 2.45) is 11.8 Å². The lowest BCUT2D eigenvalue weighted by Gasteiger charge is -2.34. The van der Waals surface area contributed by atoms with Crippen molar-refractivity contribution < 1.29 is 9.90 Å². The van der Waals surface area contributed by atoms with Crippen LogP contribution in [0.25, 0.3) is 11.4 Å². The minimum absolute atomic E-state index is 0.0259. The zero-order valence-electron chi connectivity index (χ0n) is 16.3. The molecule has 2 aromatic rings. The van der Waals surface area contributed by atoms with Crippen molar-refractivity contribution >= 4 is 5.91 Å². The van der Waals surface area contributed by atoms with E-state index < -0.39 is 0 Å². The molecule has 1 aliphatic heterocycles. The van der Waals surface area contributed by atoms with Crippen LogP contribution in [0.2, 0.25) is 0 Å². The fourth-order valence-electron chi connectivity index (χ4n) is 3.64. The van der Waals surface area contributed by atoms with E-state index in [4.69, 9.17) is 0 Å². The zero-order valence-corrected chi connectivity index (χ0v) is 16.3. The van der Waals surface area contributed by atoms with Gasteiger partial charge in [0.15, 0.2) is 5.82 Å². The van der Waals surface area contributed by atoms with Crippen molar-refractivity contribution in [3.8, 4) is 11.4 Å². The number of aliphatic hydroxyl groups is 1. The first-order valence-corrected chi connectivity index (χ1v) is 9.67. The Kier molecular flexibility index (Phi) is 6.16. The van der Waals surface area contributed by atoms with Gasteiger partial charge in [-0.05, 0) is 50.2 Å².